The average Bonchev–Trinajstić information content (AvgIpc) is 3.41. The summed E-state index contributed by atoms with van der Waals surface area (Å²) in [6, 6.07) is 10.1. The lowest BCUT2D eigenvalue weighted by Gasteiger charge is -2.31. The molecule has 27 heavy (non-hydrogen) atoms. The molecule has 1 aromatic heterocycles. The second-order valence-electron chi connectivity index (χ2n) is 7.75. The van der Waals surface area contributed by atoms with Crippen LogP contribution in [0.5, 0.6) is 0 Å². The Morgan fingerprint density at radius 2 is 1.89 bits per heavy atom. The van der Waals surface area contributed by atoms with Gasteiger partial charge in [0.1, 0.15) is 0 Å². The van der Waals surface area contributed by atoms with Crippen molar-refractivity contribution < 1.29 is 14.7 Å². The smallest absolute Gasteiger partial charge is 0.303 e. The van der Waals surface area contributed by atoms with E-state index in [9.17, 15) is 9.59 Å². The number of benzene rings is 1. The number of carboxylic acid groups (broad SMARTS) is 1. The Morgan fingerprint density at radius 1 is 1.11 bits per heavy atom. The van der Waals surface area contributed by atoms with Crippen molar-refractivity contribution in [3.63, 3.8) is 0 Å². The monoisotopic (exact) mass is 367 g/mol. The Balaban J connectivity index is 1.59. The predicted octanol–water partition coefficient (Wildman–Crippen LogP) is 4.16. The molecule has 1 amide bonds. The van der Waals surface area contributed by atoms with E-state index in [2.05, 4.69) is 5.10 Å². The molecule has 2 aliphatic carbocycles. The first kappa shape index (κ1) is 17.8. The van der Waals surface area contributed by atoms with Crippen LogP contribution < -0.4 is 4.90 Å². The minimum Gasteiger partial charge on any atom is -0.481 e. The number of carboxylic acids is 1. The molecule has 6 nitrogen and oxygen atoms in total. The van der Waals surface area contributed by atoms with Crippen molar-refractivity contribution in [2.45, 2.75) is 51.0 Å². The van der Waals surface area contributed by atoms with Crippen molar-refractivity contribution in [2.75, 3.05) is 4.90 Å². The van der Waals surface area contributed by atoms with Crippen LogP contribution in [0.3, 0.4) is 0 Å². The van der Waals surface area contributed by atoms with Crippen LogP contribution in [0.4, 0.5) is 11.4 Å². The molecule has 4 rings (SSSR count). The largest absolute Gasteiger partial charge is 0.481 e. The zero-order valence-electron chi connectivity index (χ0n) is 15.3. The first-order valence-electron chi connectivity index (χ1n) is 9.77. The Morgan fingerprint density at radius 3 is 2.59 bits per heavy atom. The molecule has 0 bridgehead atoms. The van der Waals surface area contributed by atoms with E-state index in [0.29, 0.717) is 12.5 Å². The van der Waals surface area contributed by atoms with Crippen molar-refractivity contribution in [1.29, 1.82) is 0 Å². The van der Waals surface area contributed by atoms with Gasteiger partial charge >= 0.3 is 5.97 Å². The van der Waals surface area contributed by atoms with Crippen LogP contribution in [-0.4, -0.2) is 26.8 Å². The number of carbonyl (C=O) groups is 2. The Hall–Kier alpha value is -2.63. The topological polar surface area (TPSA) is 75.4 Å². The summed E-state index contributed by atoms with van der Waals surface area (Å²) in [7, 11) is 0. The van der Waals surface area contributed by atoms with Gasteiger partial charge in [-0.05, 0) is 50.2 Å². The molecule has 142 valence electrons. The molecule has 2 aromatic rings. The number of anilines is 2. The predicted molar refractivity (Wildman–Crippen MR) is 102 cm³/mol. The number of amides is 1. The van der Waals surface area contributed by atoms with Gasteiger partial charge in [-0.25, -0.2) is 0 Å². The minimum absolute atomic E-state index is 0.0478. The van der Waals surface area contributed by atoms with Crippen molar-refractivity contribution in [3.05, 3.63) is 42.7 Å². The molecule has 2 unspecified atom stereocenters. The molecule has 1 aromatic carbocycles. The molecule has 2 fully saturated rings. The Kier molecular flexibility index (Phi) is 4.97. The molecular weight excluding hydrogens is 342 g/mol. The van der Waals surface area contributed by atoms with Crippen LogP contribution in [-0.2, 0) is 9.59 Å². The van der Waals surface area contributed by atoms with Gasteiger partial charge in [-0.3, -0.25) is 19.2 Å². The van der Waals surface area contributed by atoms with Crippen molar-refractivity contribution in [1.82, 2.24) is 9.78 Å². The fourth-order valence-electron chi connectivity index (χ4n) is 4.09. The number of hydrogen-bond acceptors (Lipinski definition) is 3. The molecule has 0 saturated heterocycles. The number of aromatic nitrogens is 2. The average molecular weight is 367 g/mol. The first-order valence-corrected chi connectivity index (χ1v) is 9.77. The van der Waals surface area contributed by atoms with E-state index in [4.69, 9.17) is 5.11 Å². The fraction of sp³-hybridized carbons (Fsp3) is 0.476. The van der Waals surface area contributed by atoms with Gasteiger partial charge < -0.3 is 5.11 Å². The van der Waals surface area contributed by atoms with Gasteiger partial charge in [-0.2, -0.15) is 5.10 Å². The van der Waals surface area contributed by atoms with Crippen LogP contribution in [0.25, 0.3) is 0 Å². The van der Waals surface area contributed by atoms with Crippen LogP contribution in [0.2, 0.25) is 0 Å². The van der Waals surface area contributed by atoms with E-state index in [1.165, 1.54) is 0 Å². The van der Waals surface area contributed by atoms with E-state index >= 15 is 0 Å². The summed E-state index contributed by atoms with van der Waals surface area (Å²) in [5.74, 6) is -0.796. The molecule has 2 aliphatic rings. The number of carbonyl (C=O) groups excluding carboxylic acids is 1. The second-order valence-corrected chi connectivity index (χ2v) is 7.75. The van der Waals surface area contributed by atoms with Gasteiger partial charge in [0.25, 0.3) is 0 Å². The lowest BCUT2D eigenvalue weighted by atomic mass is 9.79. The van der Waals surface area contributed by atoms with E-state index in [1.54, 1.807) is 11.1 Å². The fourth-order valence-corrected chi connectivity index (χ4v) is 4.09. The standard InChI is InChI=1S/C21H25N3O3/c25-20(26)12-15-5-4-6-16(11-15)21(27)24(18-7-2-1-3-8-18)19-13-22-23(14-19)17-9-10-17/h1-3,7-8,13-17H,4-6,9-12H2,(H,25,26). The van der Waals surface area contributed by atoms with E-state index in [-0.39, 0.29) is 24.2 Å². The number of hydrogen-bond donors (Lipinski definition) is 1. The highest BCUT2D eigenvalue weighted by atomic mass is 16.4. The van der Waals surface area contributed by atoms with Crippen LogP contribution >= 0.6 is 0 Å². The highest BCUT2D eigenvalue weighted by Crippen LogP contribution is 2.38. The summed E-state index contributed by atoms with van der Waals surface area (Å²) in [6.45, 7) is 0. The Labute approximate surface area is 158 Å². The highest BCUT2D eigenvalue weighted by molar-refractivity contribution is 6.01. The van der Waals surface area contributed by atoms with Crippen molar-refractivity contribution in [3.8, 4) is 0 Å². The molecule has 2 saturated carbocycles. The van der Waals surface area contributed by atoms with Gasteiger partial charge in [-0.15, -0.1) is 0 Å². The molecule has 1 heterocycles. The molecule has 1 N–H and O–H groups in total. The van der Waals surface area contributed by atoms with Crippen LogP contribution in [0.15, 0.2) is 42.7 Å². The van der Waals surface area contributed by atoms with Crippen LogP contribution in [0, 0.1) is 11.8 Å². The lowest BCUT2D eigenvalue weighted by molar-refractivity contribution is -0.139. The van der Waals surface area contributed by atoms with E-state index < -0.39 is 5.97 Å². The number of rotatable bonds is 6. The Bertz CT molecular complexity index is 813. The summed E-state index contributed by atoms with van der Waals surface area (Å²) < 4.78 is 1.95. The lowest BCUT2D eigenvalue weighted by Crippen LogP contribution is -2.35. The third kappa shape index (κ3) is 4.04. The van der Waals surface area contributed by atoms with Gasteiger partial charge in [0, 0.05) is 24.2 Å². The SMILES string of the molecule is O=C(O)CC1CCCC(C(=O)N(c2ccccc2)c2cnn(C3CC3)c2)C1. The first-order chi connectivity index (χ1) is 13.1. The molecule has 2 atom stereocenters. The summed E-state index contributed by atoms with van der Waals surface area (Å²) in [6.07, 6.45) is 9.40. The number of aliphatic carboxylic acids is 1. The highest BCUT2D eigenvalue weighted by Gasteiger charge is 2.33. The van der Waals surface area contributed by atoms with Gasteiger partial charge in [-0.1, -0.05) is 24.6 Å². The van der Waals surface area contributed by atoms with Crippen molar-refractivity contribution >= 4 is 23.3 Å². The van der Waals surface area contributed by atoms with E-state index in [0.717, 1.165) is 43.5 Å². The maximum Gasteiger partial charge on any atom is 0.303 e. The van der Waals surface area contributed by atoms with Gasteiger partial charge in [0.2, 0.25) is 5.91 Å². The maximum absolute atomic E-state index is 13.5. The third-order valence-electron chi connectivity index (χ3n) is 5.60. The zero-order valence-corrected chi connectivity index (χ0v) is 15.3. The molecule has 6 heteroatoms. The van der Waals surface area contributed by atoms with Crippen molar-refractivity contribution in [2.24, 2.45) is 11.8 Å². The third-order valence-corrected chi connectivity index (χ3v) is 5.60. The zero-order chi connectivity index (χ0) is 18.8. The molecular formula is C21H25N3O3. The maximum atomic E-state index is 13.5. The quantitative estimate of drug-likeness (QED) is 0.832. The second kappa shape index (κ2) is 7.55. The molecule has 0 aliphatic heterocycles. The van der Waals surface area contributed by atoms with Crippen LogP contribution in [0.1, 0.15) is 51.0 Å². The van der Waals surface area contributed by atoms with Gasteiger partial charge in [0.05, 0.1) is 17.9 Å². The molecule has 0 spiro atoms. The summed E-state index contributed by atoms with van der Waals surface area (Å²) in [5.41, 5.74) is 1.62. The number of nitrogens with zero attached hydrogens (tertiary/aromatic N) is 3. The minimum atomic E-state index is -0.779. The normalized spacial score (nSPS) is 22.4. The summed E-state index contributed by atoms with van der Waals surface area (Å²) >= 11 is 0. The summed E-state index contributed by atoms with van der Waals surface area (Å²) in [5, 5.41) is 13.6. The van der Waals surface area contributed by atoms with Gasteiger partial charge in [0.15, 0.2) is 0 Å². The summed E-state index contributed by atoms with van der Waals surface area (Å²) in [4.78, 5) is 26.3. The van der Waals surface area contributed by atoms with E-state index in [1.807, 2.05) is 41.2 Å². The number of para-hydroxylation sites is 1. The molecule has 0 radical (unpaired) electrons.